The molecular weight excluding hydrogens is 290 g/mol. The van der Waals surface area contributed by atoms with Gasteiger partial charge in [-0.2, -0.15) is 0 Å². The highest BCUT2D eigenvalue weighted by Gasteiger charge is 2.37. The molecule has 1 saturated heterocycles. The number of hydrogen-bond acceptors (Lipinski definition) is 3. The molecule has 0 aromatic heterocycles. The molecule has 1 aromatic carbocycles. The van der Waals surface area contributed by atoms with Gasteiger partial charge in [0.1, 0.15) is 5.75 Å². The third-order valence-corrected chi connectivity index (χ3v) is 5.36. The number of rotatable bonds is 4. The molecule has 4 nitrogen and oxygen atoms in total. The normalized spacial score (nSPS) is 23.7. The Labute approximate surface area is 138 Å². The van der Waals surface area contributed by atoms with E-state index in [-0.39, 0.29) is 17.9 Å². The minimum absolute atomic E-state index is 0.0854. The number of likely N-dealkylation sites (tertiary alicyclic amines) is 1. The van der Waals surface area contributed by atoms with Crippen molar-refractivity contribution in [3.8, 4) is 5.75 Å². The van der Waals surface area contributed by atoms with Crippen LogP contribution in [0, 0.1) is 5.92 Å². The van der Waals surface area contributed by atoms with E-state index in [9.17, 15) is 9.90 Å². The summed E-state index contributed by atoms with van der Waals surface area (Å²) in [7, 11) is 1.63. The van der Waals surface area contributed by atoms with Gasteiger partial charge in [-0.3, -0.25) is 4.79 Å². The van der Waals surface area contributed by atoms with Crippen molar-refractivity contribution in [2.24, 2.45) is 5.92 Å². The molecule has 1 N–H and O–H groups in total. The molecule has 0 unspecified atom stereocenters. The number of methoxy groups -OCH3 is 1. The Kier molecular flexibility index (Phi) is 5.21. The number of carbonyl (C=O) groups is 1. The second kappa shape index (κ2) is 7.35. The highest BCUT2D eigenvalue weighted by atomic mass is 16.5. The van der Waals surface area contributed by atoms with Gasteiger partial charge in [-0.1, -0.05) is 31.4 Å². The Hall–Kier alpha value is -1.55. The molecule has 3 rings (SSSR count). The molecule has 1 aliphatic carbocycles. The van der Waals surface area contributed by atoms with Gasteiger partial charge in [0.25, 0.3) is 0 Å². The number of aliphatic hydroxyl groups is 1. The first-order valence-electron chi connectivity index (χ1n) is 8.83. The molecule has 0 bridgehead atoms. The number of aliphatic hydroxyl groups excluding tert-OH is 1. The van der Waals surface area contributed by atoms with E-state index in [4.69, 9.17) is 4.74 Å². The van der Waals surface area contributed by atoms with Crippen molar-refractivity contribution in [2.45, 2.75) is 57.1 Å². The maximum absolute atomic E-state index is 12.8. The summed E-state index contributed by atoms with van der Waals surface area (Å²) in [5, 5.41) is 10.8. The van der Waals surface area contributed by atoms with E-state index in [0.717, 1.165) is 56.4 Å². The van der Waals surface area contributed by atoms with Gasteiger partial charge in [0.05, 0.1) is 19.3 Å². The van der Waals surface area contributed by atoms with E-state index in [1.165, 1.54) is 6.42 Å². The molecule has 4 heteroatoms. The summed E-state index contributed by atoms with van der Waals surface area (Å²) in [6, 6.07) is 7.43. The van der Waals surface area contributed by atoms with Gasteiger partial charge in [-0.25, -0.2) is 0 Å². The second-order valence-corrected chi connectivity index (χ2v) is 6.79. The van der Waals surface area contributed by atoms with Gasteiger partial charge in [0.15, 0.2) is 0 Å². The molecule has 2 atom stereocenters. The molecule has 0 spiro atoms. The van der Waals surface area contributed by atoms with Crippen LogP contribution in [-0.2, 0) is 4.79 Å². The Morgan fingerprint density at radius 3 is 2.48 bits per heavy atom. The Bertz CT molecular complexity index is 522. The van der Waals surface area contributed by atoms with Crippen LogP contribution in [0.2, 0.25) is 0 Å². The van der Waals surface area contributed by atoms with E-state index in [1.54, 1.807) is 7.11 Å². The summed E-state index contributed by atoms with van der Waals surface area (Å²) in [6.07, 6.45) is 6.85. The zero-order chi connectivity index (χ0) is 16.2. The van der Waals surface area contributed by atoms with E-state index < -0.39 is 6.10 Å². The Morgan fingerprint density at radius 1 is 1.13 bits per heavy atom. The van der Waals surface area contributed by atoms with Crippen molar-refractivity contribution < 1.29 is 14.6 Å². The number of carbonyl (C=O) groups excluding carboxylic acids is 1. The minimum atomic E-state index is -0.615. The van der Waals surface area contributed by atoms with Crippen molar-refractivity contribution in [1.82, 2.24) is 4.90 Å². The minimum Gasteiger partial charge on any atom is -0.497 e. The predicted molar refractivity (Wildman–Crippen MR) is 89.3 cm³/mol. The molecule has 0 radical (unpaired) electrons. The van der Waals surface area contributed by atoms with E-state index in [1.807, 2.05) is 29.2 Å². The van der Waals surface area contributed by atoms with E-state index in [0.29, 0.717) is 0 Å². The average Bonchev–Trinajstić information content (AvgIpc) is 3.11. The van der Waals surface area contributed by atoms with Crippen LogP contribution in [0.3, 0.4) is 0 Å². The average molecular weight is 317 g/mol. The van der Waals surface area contributed by atoms with Crippen LogP contribution in [-0.4, -0.2) is 35.6 Å². The van der Waals surface area contributed by atoms with Crippen LogP contribution in [0.4, 0.5) is 0 Å². The molecular formula is C19H27NO3. The van der Waals surface area contributed by atoms with Crippen LogP contribution in [0.25, 0.3) is 0 Å². The van der Waals surface area contributed by atoms with Gasteiger partial charge in [0, 0.05) is 12.5 Å². The van der Waals surface area contributed by atoms with Gasteiger partial charge in [0.2, 0.25) is 5.91 Å². The molecule has 23 heavy (non-hydrogen) atoms. The van der Waals surface area contributed by atoms with Crippen molar-refractivity contribution in [1.29, 1.82) is 0 Å². The van der Waals surface area contributed by atoms with Crippen molar-refractivity contribution in [2.75, 3.05) is 13.7 Å². The monoisotopic (exact) mass is 317 g/mol. The first-order chi connectivity index (χ1) is 11.2. The number of hydrogen-bond donors (Lipinski definition) is 1. The Morgan fingerprint density at radius 2 is 1.83 bits per heavy atom. The van der Waals surface area contributed by atoms with E-state index >= 15 is 0 Å². The number of amides is 1. The van der Waals surface area contributed by atoms with Crippen LogP contribution in [0.5, 0.6) is 5.75 Å². The molecule has 1 heterocycles. The number of nitrogens with zero attached hydrogens (tertiary/aromatic N) is 1. The largest absolute Gasteiger partial charge is 0.497 e. The van der Waals surface area contributed by atoms with Gasteiger partial charge in [-0.15, -0.1) is 0 Å². The lowest BCUT2D eigenvalue weighted by atomic mass is 9.87. The van der Waals surface area contributed by atoms with Gasteiger partial charge < -0.3 is 14.7 Å². The predicted octanol–water partition coefficient (Wildman–Crippen LogP) is 3.30. The van der Waals surface area contributed by atoms with Crippen molar-refractivity contribution in [3.05, 3.63) is 29.8 Å². The van der Waals surface area contributed by atoms with Crippen molar-refractivity contribution in [3.63, 3.8) is 0 Å². The van der Waals surface area contributed by atoms with Crippen LogP contribution in [0.1, 0.15) is 56.6 Å². The SMILES string of the molecule is COc1ccc([C@@H](O)[C@@H]2CCCN2C(=O)C2CCCCC2)cc1. The lowest BCUT2D eigenvalue weighted by Gasteiger charge is -2.33. The molecule has 1 aliphatic heterocycles. The third kappa shape index (κ3) is 3.52. The van der Waals surface area contributed by atoms with Crippen LogP contribution >= 0.6 is 0 Å². The summed E-state index contributed by atoms with van der Waals surface area (Å²) >= 11 is 0. The molecule has 1 aromatic rings. The lowest BCUT2D eigenvalue weighted by molar-refractivity contribution is -0.139. The first kappa shape index (κ1) is 16.3. The van der Waals surface area contributed by atoms with Crippen LogP contribution < -0.4 is 4.74 Å². The standard InChI is InChI=1S/C19H27NO3/c1-23-16-11-9-14(10-12-16)18(21)17-8-5-13-20(17)19(22)15-6-3-2-4-7-15/h9-12,15,17-18,21H,2-8,13H2,1H3/t17-,18+/m0/s1. The van der Waals surface area contributed by atoms with Crippen molar-refractivity contribution >= 4 is 5.91 Å². The fourth-order valence-corrected chi connectivity index (χ4v) is 4.00. The second-order valence-electron chi connectivity index (χ2n) is 6.79. The molecule has 2 fully saturated rings. The fraction of sp³-hybridized carbons (Fsp3) is 0.632. The van der Waals surface area contributed by atoms with Gasteiger partial charge >= 0.3 is 0 Å². The number of benzene rings is 1. The zero-order valence-corrected chi connectivity index (χ0v) is 13.9. The highest BCUT2D eigenvalue weighted by Crippen LogP contribution is 2.34. The fourth-order valence-electron chi connectivity index (χ4n) is 4.00. The molecule has 126 valence electrons. The highest BCUT2D eigenvalue weighted by molar-refractivity contribution is 5.79. The summed E-state index contributed by atoms with van der Waals surface area (Å²) in [5.74, 6) is 1.22. The summed E-state index contributed by atoms with van der Waals surface area (Å²) in [6.45, 7) is 0.785. The number of ether oxygens (including phenoxy) is 1. The summed E-state index contributed by atoms with van der Waals surface area (Å²) in [5.41, 5.74) is 0.860. The van der Waals surface area contributed by atoms with Gasteiger partial charge in [-0.05, 0) is 43.4 Å². The first-order valence-corrected chi connectivity index (χ1v) is 8.83. The smallest absolute Gasteiger partial charge is 0.226 e. The maximum atomic E-state index is 12.8. The van der Waals surface area contributed by atoms with Crippen LogP contribution in [0.15, 0.2) is 24.3 Å². The molecule has 2 aliphatic rings. The van der Waals surface area contributed by atoms with E-state index in [2.05, 4.69) is 0 Å². The summed E-state index contributed by atoms with van der Waals surface area (Å²) < 4.78 is 5.17. The maximum Gasteiger partial charge on any atom is 0.226 e. The molecule has 1 saturated carbocycles. The zero-order valence-electron chi connectivity index (χ0n) is 13.9. The summed E-state index contributed by atoms with van der Waals surface area (Å²) in [4.78, 5) is 14.8. The quantitative estimate of drug-likeness (QED) is 0.927. The third-order valence-electron chi connectivity index (χ3n) is 5.36. The Balaban J connectivity index is 1.70. The lowest BCUT2D eigenvalue weighted by Crippen LogP contribution is -2.43. The molecule has 1 amide bonds. The topological polar surface area (TPSA) is 49.8 Å².